The van der Waals surface area contributed by atoms with Crippen LogP contribution in [0.3, 0.4) is 0 Å². The quantitative estimate of drug-likeness (QED) is 0.0439. The summed E-state index contributed by atoms with van der Waals surface area (Å²) < 4.78 is 10.2. The van der Waals surface area contributed by atoms with E-state index in [-0.39, 0.29) is 28.8 Å². The number of rotatable bonds is 17. The number of hydrogen-bond donors (Lipinski definition) is 0. The number of ether oxygens (including phenoxy) is 2. The highest BCUT2D eigenvalue weighted by Crippen LogP contribution is 2.56. The van der Waals surface area contributed by atoms with E-state index in [1.807, 2.05) is 68.5 Å². The predicted octanol–water partition coefficient (Wildman–Crippen LogP) is 12.8. The van der Waals surface area contributed by atoms with Crippen LogP contribution in [0.2, 0.25) is 0 Å². The molecule has 2 aliphatic rings. The summed E-state index contributed by atoms with van der Waals surface area (Å²) in [6, 6.07) is 17.3. The number of carbonyl (C=O) groups excluding carboxylic acids is 5. The van der Waals surface area contributed by atoms with Crippen LogP contribution in [0.5, 0.6) is 0 Å². The minimum absolute atomic E-state index is 0.00134. The molecule has 2 aliphatic carbocycles. The Morgan fingerprint density at radius 2 is 1.02 bits per heavy atom. The fourth-order valence-electron chi connectivity index (χ4n) is 9.98. The van der Waals surface area contributed by atoms with Crippen LogP contribution in [0.1, 0.15) is 194 Å². The van der Waals surface area contributed by atoms with Crippen LogP contribution in [0.15, 0.2) is 78.4 Å². The van der Waals surface area contributed by atoms with E-state index in [1.165, 1.54) is 11.1 Å². The SMILES string of the molecule is C/C=C\C(=C/C)C(=O)c1ccc2c(c1)C(CCC)(CCC)c1cc(C(=O)C(=O)OC(C)C)ccc1-2.CCCC1(CCC)c2cc(C(=O)C(=O)OC(C)C)ccc2C(C)C1C. The molecule has 2 atom stereocenters. The molecular weight excluding hydrogens is 749 g/mol. The molecule has 3 aromatic rings. The Labute approximate surface area is 359 Å². The van der Waals surface area contributed by atoms with E-state index < -0.39 is 23.5 Å². The molecule has 0 saturated heterocycles. The van der Waals surface area contributed by atoms with Gasteiger partial charge >= 0.3 is 11.9 Å². The van der Waals surface area contributed by atoms with E-state index in [0.29, 0.717) is 34.1 Å². The number of carbonyl (C=O) groups is 5. The molecule has 0 aromatic heterocycles. The third-order valence-electron chi connectivity index (χ3n) is 12.6. The second-order valence-corrected chi connectivity index (χ2v) is 17.3. The van der Waals surface area contributed by atoms with Crippen LogP contribution in [0.25, 0.3) is 11.1 Å². The third kappa shape index (κ3) is 9.51. The fraction of sp³-hybridized carbons (Fsp3) is 0.491. The smallest absolute Gasteiger partial charge is 0.379 e. The monoisotopic (exact) mass is 816 g/mol. The van der Waals surface area contributed by atoms with Gasteiger partial charge < -0.3 is 9.47 Å². The number of allylic oxidation sites excluding steroid dienone is 4. The van der Waals surface area contributed by atoms with Crippen molar-refractivity contribution < 1.29 is 33.4 Å². The van der Waals surface area contributed by atoms with Gasteiger partial charge in [0.15, 0.2) is 5.78 Å². The molecule has 2 unspecified atom stereocenters. The molecule has 0 bridgehead atoms. The number of ketones is 3. The largest absolute Gasteiger partial charge is 0.457 e. The van der Waals surface area contributed by atoms with E-state index in [1.54, 1.807) is 39.8 Å². The number of hydrogen-bond acceptors (Lipinski definition) is 7. The van der Waals surface area contributed by atoms with Gasteiger partial charge in [-0.15, -0.1) is 0 Å². The first kappa shape index (κ1) is 47.8. The van der Waals surface area contributed by atoms with Crippen LogP contribution < -0.4 is 0 Å². The first-order chi connectivity index (χ1) is 28.5. The number of fused-ring (bicyclic) bond motifs is 4. The molecule has 0 fully saturated rings. The van der Waals surface area contributed by atoms with Crippen LogP contribution >= 0.6 is 0 Å². The van der Waals surface area contributed by atoms with Crippen molar-refractivity contribution in [3.63, 3.8) is 0 Å². The molecule has 0 saturated carbocycles. The Morgan fingerprint density at radius 1 is 0.600 bits per heavy atom. The molecule has 7 heteroatoms. The van der Waals surface area contributed by atoms with E-state index in [4.69, 9.17) is 9.47 Å². The fourth-order valence-corrected chi connectivity index (χ4v) is 9.98. The summed E-state index contributed by atoms with van der Waals surface area (Å²) in [6.07, 6.45) is 13.0. The third-order valence-corrected chi connectivity index (χ3v) is 12.6. The van der Waals surface area contributed by atoms with Crippen LogP contribution in [-0.2, 0) is 29.9 Å². The summed E-state index contributed by atoms with van der Waals surface area (Å²) in [6.45, 7) is 24.1. The summed E-state index contributed by atoms with van der Waals surface area (Å²) in [5.74, 6) is -1.74. The van der Waals surface area contributed by atoms with Crippen molar-refractivity contribution in [2.45, 2.75) is 163 Å². The van der Waals surface area contributed by atoms with Crippen LogP contribution in [-0.4, -0.2) is 41.5 Å². The number of Topliss-reactive ketones (excluding diaryl/α,β-unsaturated/α-hetero) is 3. The first-order valence-electron chi connectivity index (χ1n) is 22.3. The van der Waals surface area contributed by atoms with Crippen molar-refractivity contribution in [2.75, 3.05) is 0 Å². The van der Waals surface area contributed by atoms with Crippen LogP contribution in [0, 0.1) is 5.92 Å². The molecule has 3 aromatic carbocycles. The van der Waals surface area contributed by atoms with Gasteiger partial charge in [0, 0.05) is 27.7 Å². The lowest BCUT2D eigenvalue weighted by Gasteiger charge is -2.36. The Bertz CT molecular complexity index is 2120. The van der Waals surface area contributed by atoms with Gasteiger partial charge in [-0.2, -0.15) is 0 Å². The van der Waals surface area contributed by atoms with E-state index >= 15 is 0 Å². The lowest BCUT2D eigenvalue weighted by molar-refractivity contribution is -0.142. The van der Waals surface area contributed by atoms with Crippen molar-refractivity contribution in [3.8, 4) is 11.1 Å². The zero-order chi connectivity index (χ0) is 44.5. The maximum Gasteiger partial charge on any atom is 0.379 e. The van der Waals surface area contributed by atoms with Crippen molar-refractivity contribution in [2.24, 2.45) is 5.92 Å². The number of esters is 2. The molecule has 0 aliphatic heterocycles. The summed E-state index contributed by atoms with van der Waals surface area (Å²) in [5.41, 5.74) is 8.88. The van der Waals surface area contributed by atoms with Gasteiger partial charge in [0.25, 0.3) is 11.6 Å². The Hall–Kier alpha value is -4.91. The summed E-state index contributed by atoms with van der Waals surface area (Å²) in [4.78, 5) is 63.0. The second kappa shape index (κ2) is 20.6. The lowest BCUT2D eigenvalue weighted by atomic mass is 9.68. The van der Waals surface area contributed by atoms with Crippen molar-refractivity contribution in [1.29, 1.82) is 0 Å². The molecule has 7 nitrogen and oxygen atoms in total. The summed E-state index contributed by atoms with van der Waals surface area (Å²) in [7, 11) is 0. The summed E-state index contributed by atoms with van der Waals surface area (Å²) >= 11 is 0. The van der Waals surface area contributed by atoms with E-state index in [9.17, 15) is 24.0 Å². The highest BCUT2D eigenvalue weighted by Gasteiger charge is 2.47. The lowest BCUT2D eigenvalue weighted by Crippen LogP contribution is -2.31. The van der Waals surface area contributed by atoms with Crippen molar-refractivity contribution in [3.05, 3.63) is 117 Å². The van der Waals surface area contributed by atoms with Gasteiger partial charge in [0.2, 0.25) is 0 Å². The van der Waals surface area contributed by atoms with Gasteiger partial charge in [0.1, 0.15) is 0 Å². The van der Waals surface area contributed by atoms with Gasteiger partial charge in [0.05, 0.1) is 12.2 Å². The molecule has 0 spiro atoms. The normalized spacial score (nSPS) is 17.1. The van der Waals surface area contributed by atoms with Gasteiger partial charge in [-0.25, -0.2) is 9.59 Å². The highest BCUT2D eigenvalue weighted by molar-refractivity contribution is 6.41. The van der Waals surface area contributed by atoms with Crippen LogP contribution in [0.4, 0.5) is 0 Å². The molecule has 0 radical (unpaired) electrons. The molecule has 0 N–H and O–H groups in total. The average molecular weight is 817 g/mol. The zero-order valence-electron chi connectivity index (χ0n) is 38.3. The molecule has 0 amide bonds. The van der Waals surface area contributed by atoms with E-state index in [0.717, 1.165) is 73.6 Å². The topological polar surface area (TPSA) is 104 Å². The maximum atomic E-state index is 13.3. The first-order valence-corrected chi connectivity index (χ1v) is 22.3. The van der Waals surface area contributed by atoms with E-state index in [2.05, 4.69) is 47.6 Å². The molecule has 322 valence electrons. The minimum atomic E-state index is -0.831. The molecule has 5 rings (SSSR count). The zero-order valence-corrected chi connectivity index (χ0v) is 38.3. The Morgan fingerprint density at radius 3 is 1.42 bits per heavy atom. The number of benzene rings is 3. The van der Waals surface area contributed by atoms with Gasteiger partial charge in [-0.1, -0.05) is 122 Å². The van der Waals surface area contributed by atoms with Crippen molar-refractivity contribution in [1.82, 2.24) is 0 Å². The highest BCUT2D eigenvalue weighted by atomic mass is 16.6. The second-order valence-electron chi connectivity index (χ2n) is 17.3. The molecule has 60 heavy (non-hydrogen) atoms. The molecule has 0 heterocycles. The maximum absolute atomic E-state index is 13.3. The standard InChI is InChI=1S/C31H36O4.C22H32O3/c1-7-11-21(10-4)28(32)22-12-14-24-25-15-13-23(29(33)30(34)35-20(5)6)19-27(25)31(16-8-2,17-9-3)26(24)18-22;1-7-11-22(12-8-2)16(6)15(5)18-10-9-17(13-19(18)22)20(23)21(24)25-14(3)4/h7,10-15,18-20H,8-9,16-17H2,1-6H3;9-10,13-16H,7-8,11-12H2,1-6H3/b11-7-,21-10+;. The summed E-state index contributed by atoms with van der Waals surface area (Å²) in [5, 5.41) is 0. The van der Waals surface area contributed by atoms with Crippen molar-refractivity contribution >= 4 is 29.3 Å². The molecular formula is C53H68O7. The average Bonchev–Trinajstić information content (AvgIpc) is 3.59. The Balaban J connectivity index is 0.000000280. The Kier molecular flexibility index (Phi) is 16.4. The van der Waals surface area contributed by atoms with Gasteiger partial charge in [-0.3, -0.25) is 14.4 Å². The predicted molar refractivity (Wildman–Crippen MR) is 242 cm³/mol. The minimum Gasteiger partial charge on any atom is -0.457 e. The van der Waals surface area contributed by atoms with Gasteiger partial charge in [-0.05, 0) is 136 Å².